The Morgan fingerprint density at radius 3 is 2.50 bits per heavy atom. The minimum Gasteiger partial charge on any atom is -0.343 e. The summed E-state index contributed by atoms with van der Waals surface area (Å²) in [6.07, 6.45) is 4.12. The van der Waals surface area contributed by atoms with E-state index in [1.54, 1.807) is 12.1 Å². The van der Waals surface area contributed by atoms with E-state index in [1.807, 2.05) is 35.2 Å². The van der Waals surface area contributed by atoms with E-state index in [-0.39, 0.29) is 17.7 Å². The van der Waals surface area contributed by atoms with E-state index in [4.69, 9.17) is 11.6 Å². The van der Waals surface area contributed by atoms with Crippen molar-refractivity contribution >= 4 is 29.2 Å². The van der Waals surface area contributed by atoms with Crippen LogP contribution < -0.4 is 5.32 Å². The van der Waals surface area contributed by atoms with Gasteiger partial charge in [-0.05, 0) is 37.0 Å². The van der Waals surface area contributed by atoms with E-state index in [0.29, 0.717) is 43.2 Å². The first kappa shape index (κ1) is 18.4. The van der Waals surface area contributed by atoms with E-state index in [0.717, 1.165) is 6.42 Å². The molecule has 3 rings (SSSR count). The van der Waals surface area contributed by atoms with Gasteiger partial charge in [0.1, 0.15) is 5.82 Å². The molecule has 1 aliphatic rings. The topological polar surface area (TPSA) is 62.3 Å². The Kier molecular flexibility index (Phi) is 6.23. The number of anilines is 1. The van der Waals surface area contributed by atoms with Crippen molar-refractivity contribution in [2.45, 2.75) is 25.7 Å². The van der Waals surface area contributed by atoms with Crippen LogP contribution >= 0.6 is 11.6 Å². The maximum atomic E-state index is 12.4. The second-order valence-electron chi connectivity index (χ2n) is 6.49. The highest BCUT2D eigenvalue weighted by Crippen LogP contribution is 2.20. The van der Waals surface area contributed by atoms with Crippen LogP contribution in [-0.4, -0.2) is 34.8 Å². The molecule has 1 aromatic carbocycles. The number of likely N-dealkylation sites (tertiary alicyclic amines) is 1. The molecule has 0 saturated carbocycles. The summed E-state index contributed by atoms with van der Waals surface area (Å²) in [6.45, 7) is 1.25. The molecule has 2 aromatic rings. The van der Waals surface area contributed by atoms with Gasteiger partial charge in [-0.2, -0.15) is 0 Å². The fraction of sp³-hybridized carbons (Fsp3) is 0.350. The third-order valence-electron chi connectivity index (χ3n) is 4.67. The molecule has 26 heavy (non-hydrogen) atoms. The van der Waals surface area contributed by atoms with E-state index in [9.17, 15) is 9.59 Å². The summed E-state index contributed by atoms with van der Waals surface area (Å²) >= 11 is 5.79. The molecule has 136 valence electrons. The van der Waals surface area contributed by atoms with Crippen molar-refractivity contribution < 1.29 is 9.59 Å². The maximum Gasteiger partial charge on any atom is 0.228 e. The average Bonchev–Trinajstić information content (AvgIpc) is 2.69. The largest absolute Gasteiger partial charge is 0.343 e. The summed E-state index contributed by atoms with van der Waals surface area (Å²) in [4.78, 5) is 30.7. The summed E-state index contributed by atoms with van der Waals surface area (Å²) in [6, 6.07) is 13.4. The Bertz CT molecular complexity index is 741. The van der Waals surface area contributed by atoms with Crippen LogP contribution in [0.25, 0.3) is 0 Å². The summed E-state index contributed by atoms with van der Waals surface area (Å²) in [7, 11) is 0. The number of aryl methyl sites for hydroxylation is 1. The molecule has 2 heterocycles. The maximum absolute atomic E-state index is 12.4. The highest BCUT2D eigenvalue weighted by Gasteiger charge is 2.27. The number of piperidine rings is 1. The van der Waals surface area contributed by atoms with Crippen molar-refractivity contribution in [3.05, 3.63) is 59.2 Å². The third kappa shape index (κ3) is 5.05. The standard InChI is InChI=1S/C20H22ClN3O2/c21-17-7-8-18(22-14-17)23-20(26)16-10-12-24(13-11-16)19(25)9-6-15-4-2-1-3-5-15/h1-5,7-8,14,16H,6,9-13H2,(H,22,23,26). The lowest BCUT2D eigenvalue weighted by molar-refractivity contribution is -0.134. The average molecular weight is 372 g/mol. The molecule has 0 aliphatic carbocycles. The molecule has 0 radical (unpaired) electrons. The number of nitrogens with one attached hydrogen (secondary N) is 1. The van der Waals surface area contributed by atoms with Crippen molar-refractivity contribution in [3.8, 4) is 0 Å². The van der Waals surface area contributed by atoms with Crippen LogP contribution in [0.5, 0.6) is 0 Å². The first-order chi connectivity index (χ1) is 12.6. The summed E-state index contributed by atoms with van der Waals surface area (Å²) in [5.41, 5.74) is 1.17. The highest BCUT2D eigenvalue weighted by molar-refractivity contribution is 6.30. The van der Waals surface area contributed by atoms with Crippen molar-refractivity contribution in [3.63, 3.8) is 0 Å². The van der Waals surface area contributed by atoms with Crippen LogP contribution in [0.3, 0.4) is 0 Å². The van der Waals surface area contributed by atoms with Gasteiger partial charge in [-0.15, -0.1) is 0 Å². The van der Waals surface area contributed by atoms with Gasteiger partial charge in [0.15, 0.2) is 0 Å². The van der Waals surface area contributed by atoms with Crippen molar-refractivity contribution in [1.82, 2.24) is 9.88 Å². The van der Waals surface area contributed by atoms with Gasteiger partial charge in [0.05, 0.1) is 5.02 Å². The number of pyridine rings is 1. The smallest absolute Gasteiger partial charge is 0.228 e. The Morgan fingerprint density at radius 1 is 1.12 bits per heavy atom. The van der Waals surface area contributed by atoms with E-state index in [2.05, 4.69) is 10.3 Å². The molecule has 0 spiro atoms. The molecular formula is C20H22ClN3O2. The molecule has 1 N–H and O–H groups in total. The molecule has 0 unspecified atom stereocenters. The van der Waals surface area contributed by atoms with Gasteiger partial charge < -0.3 is 10.2 Å². The van der Waals surface area contributed by atoms with Crippen molar-refractivity contribution in [2.24, 2.45) is 5.92 Å². The Labute approximate surface area is 158 Å². The number of carbonyl (C=O) groups excluding carboxylic acids is 2. The Balaban J connectivity index is 1.43. The number of amides is 2. The second kappa shape index (κ2) is 8.81. The van der Waals surface area contributed by atoms with Gasteiger partial charge in [0.2, 0.25) is 11.8 Å². The number of rotatable bonds is 5. The molecule has 2 amide bonds. The molecule has 1 aromatic heterocycles. The zero-order chi connectivity index (χ0) is 18.4. The molecule has 6 heteroatoms. The number of nitrogens with zero attached hydrogens (tertiary/aromatic N) is 2. The summed E-state index contributed by atoms with van der Waals surface area (Å²) in [5.74, 6) is 0.523. The molecule has 0 bridgehead atoms. The van der Waals surface area contributed by atoms with Crippen LogP contribution in [0.1, 0.15) is 24.8 Å². The third-order valence-corrected chi connectivity index (χ3v) is 4.89. The minimum atomic E-state index is -0.0920. The minimum absolute atomic E-state index is 0.0452. The number of carbonyl (C=O) groups is 2. The highest BCUT2D eigenvalue weighted by atomic mass is 35.5. The van der Waals surface area contributed by atoms with E-state index >= 15 is 0 Å². The van der Waals surface area contributed by atoms with Gasteiger partial charge in [0, 0.05) is 31.6 Å². The SMILES string of the molecule is O=C(Nc1ccc(Cl)cn1)C1CCN(C(=O)CCc2ccccc2)CC1. The van der Waals surface area contributed by atoms with Gasteiger partial charge in [0.25, 0.3) is 0 Å². The van der Waals surface area contributed by atoms with Crippen molar-refractivity contribution in [2.75, 3.05) is 18.4 Å². The van der Waals surface area contributed by atoms with Crippen LogP contribution in [0, 0.1) is 5.92 Å². The monoisotopic (exact) mass is 371 g/mol. The Morgan fingerprint density at radius 2 is 1.85 bits per heavy atom. The molecule has 1 aliphatic heterocycles. The number of aromatic nitrogens is 1. The molecule has 5 nitrogen and oxygen atoms in total. The Hall–Kier alpha value is -2.40. The van der Waals surface area contributed by atoms with Crippen LogP contribution in [0.2, 0.25) is 5.02 Å². The first-order valence-electron chi connectivity index (χ1n) is 8.86. The molecule has 1 saturated heterocycles. The van der Waals surface area contributed by atoms with Gasteiger partial charge in [-0.1, -0.05) is 41.9 Å². The van der Waals surface area contributed by atoms with Crippen molar-refractivity contribution in [1.29, 1.82) is 0 Å². The van der Waals surface area contributed by atoms with Gasteiger partial charge >= 0.3 is 0 Å². The molecule has 0 atom stereocenters. The number of benzene rings is 1. The lowest BCUT2D eigenvalue weighted by atomic mass is 9.95. The fourth-order valence-electron chi connectivity index (χ4n) is 3.12. The predicted octanol–water partition coefficient (Wildman–Crippen LogP) is 3.54. The van der Waals surface area contributed by atoms with Gasteiger partial charge in [-0.3, -0.25) is 9.59 Å². The normalized spacial score (nSPS) is 14.9. The van der Waals surface area contributed by atoms with E-state index < -0.39 is 0 Å². The number of hydrogen-bond donors (Lipinski definition) is 1. The lowest BCUT2D eigenvalue weighted by Gasteiger charge is -2.31. The zero-order valence-electron chi connectivity index (χ0n) is 14.5. The number of hydrogen-bond acceptors (Lipinski definition) is 3. The van der Waals surface area contributed by atoms with Crippen LogP contribution in [0.15, 0.2) is 48.7 Å². The zero-order valence-corrected chi connectivity index (χ0v) is 15.3. The molecular weight excluding hydrogens is 350 g/mol. The second-order valence-corrected chi connectivity index (χ2v) is 6.93. The quantitative estimate of drug-likeness (QED) is 0.874. The predicted molar refractivity (Wildman–Crippen MR) is 102 cm³/mol. The molecule has 1 fully saturated rings. The van der Waals surface area contributed by atoms with Gasteiger partial charge in [-0.25, -0.2) is 4.98 Å². The number of halogens is 1. The fourth-order valence-corrected chi connectivity index (χ4v) is 3.23. The van der Waals surface area contributed by atoms with Crippen LogP contribution in [0.4, 0.5) is 5.82 Å². The van der Waals surface area contributed by atoms with E-state index in [1.165, 1.54) is 11.8 Å². The first-order valence-corrected chi connectivity index (χ1v) is 9.24. The van der Waals surface area contributed by atoms with Crippen LogP contribution in [-0.2, 0) is 16.0 Å². The summed E-state index contributed by atoms with van der Waals surface area (Å²) < 4.78 is 0. The lowest BCUT2D eigenvalue weighted by Crippen LogP contribution is -2.41. The summed E-state index contributed by atoms with van der Waals surface area (Å²) in [5, 5.41) is 3.35.